The summed E-state index contributed by atoms with van der Waals surface area (Å²) >= 11 is 0. The van der Waals surface area contributed by atoms with Gasteiger partial charge in [0.2, 0.25) is 0 Å². The van der Waals surface area contributed by atoms with Gasteiger partial charge in [-0.3, -0.25) is 4.68 Å². The van der Waals surface area contributed by atoms with Crippen molar-refractivity contribution in [2.24, 2.45) is 13.0 Å². The minimum Gasteiger partial charge on any atom is -0.394 e. The Morgan fingerprint density at radius 2 is 2.00 bits per heavy atom. The van der Waals surface area contributed by atoms with E-state index in [1.807, 2.05) is 18.7 Å². The van der Waals surface area contributed by atoms with Crippen molar-refractivity contribution in [3.63, 3.8) is 0 Å². The molecular formula is C13H24N4. The molecule has 1 aromatic heterocycles. The van der Waals surface area contributed by atoms with Gasteiger partial charge in [0.1, 0.15) is 5.82 Å². The van der Waals surface area contributed by atoms with Gasteiger partial charge in [-0.05, 0) is 38.5 Å². The lowest BCUT2D eigenvalue weighted by Crippen LogP contribution is -2.27. The Hall–Kier alpha value is -1.19. The molecule has 2 rings (SSSR count). The zero-order valence-electron chi connectivity index (χ0n) is 11.2. The van der Waals surface area contributed by atoms with Crippen LogP contribution in [-0.2, 0) is 7.05 Å². The van der Waals surface area contributed by atoms with Crippen molar-refractivity contribution in [3.05, 3.63) is 5.69 Å². The Morgan fingerprint density at radius 3 is 2.47 bits per heavy atom. The van der Waals surface area contributed by atoms with E-state index < -0.39 is 0 Å². The monoisotopic (exact) mass is 236 g/mol. The summed E-state index contributed by atoms with van der Waals surface area (Å²) in [5.41, 5.74) is 7.74. The van der Waals surface area contributed by atoms with Gasteiger partial charge in [0, 0.05) is 13.1 Å². The maximum atomic E-state index is 6.03. The first-order valence-electron chi connectivity index (χ1n) is 6.67. The molecule has 4 nitrogen and oxygen atoms in total. The molecule has 0 saturated heterocycles. The lowest BCUT2D eigenvalue weighted by atomic mass is 9.84. The van der Waals surface area contributed by atoms with Gasteiger partial charge < -0.3 is 11.1 Å². The highest BCUT2D eigenvalue weighted by Gasteiger charge is 2.21. The third kappa shape index (κ3) is 2.56. The van der Waals surface area contributed by atoms with E-state index >= 15 is 0 Å². The number of nitrogens with one attached hydrogen (secondary N) is 1. The van der Waals surface area contributed by atoms with Gasteiger partial charge in [-0.15, -0.1) is 0 Å². The van der Waals surface area contributed by atoms with Crippen molar-refractivity contribution in [1.82, 2.24) is 9.78 Å². The van der Waals surface area contributed by atoms with Crippen LogP contribution < -0.4 is 11.1 Å². The van der Waals surface area contributed by atoms with E-state index in [0.29, 0.717) is 6.04 Å². The molecule has 0 spiro atoms. The van der Waals surface area contributed by atoms with Crippen LogP contribution in [0.3, 0.4) is 0 Å². The van der Waals surface area contributed by atoms with Crippen molar-refractivity contribution in [2.45, 2.75) is 52.0 Å². The molecule has 0 amide bonds. The van der Waals surface area contributed by atoms with Gasteiger partial charge >= 0.3 is 0 Å². The molecule has 0 aromatic carbocycles. The average molecular weight is 236 g/mol. The molecule has 1 aromatic rings. The van der Waals surface area contributed by atoms with Crippen molar-refractivity contribution in [2.75, 3.05) is 11.1 Å². The molecule has 1 aliphatic rings. The van der Waals surface area contributed by atoms with Crippen LogP contribution in [-0.4, -0.2) is 15.8 Å². The van der Waals surface area contributed by atoms with Gasteiger partial charge in [-0.1, -0.05) is 13.3 Å². The lowest BCUT2D eigenvalue weighted by molar-refractivity contribution is 0.329. The second kappa shape index (κ2) is 4.98. The maximum Gasteiger partial charge on any atom is 0.147 e. The number of aromatic nitrogens is 2. The van der Waals surface area contributed by atoms with E-state index in [-0.39, 0.29) is 0 Å². The summed E-state index contributed by atoms with van der Waals surface area (Å²) in [5, 5.41) is 7.89. The Morgan fingerprint density at radius 1 is 1.35 bits per heavy atom. The third-order valence-corrected chi connectivity index (χ3v) is 4.03. The number of hydrogen-bond acceptors (Lipinski definition) is 3. The Balaban J connectivity index is 1.98. The number of nitrogens with zero attached hydrogens (tertiary/aromatic N) is 2. The zero-order valence-corrected chi connectivity index (χ0v) is 11.2. The van der Waals surface area contributed by atoms with E-state index in [4.69, 9.17) is 5.73 Å². The van der Waals surface area contributed by atoms with Crippen LogP contribution in [0.25, 0.3) is 0 Å². The first kappa shape index (κ1) is 12.3. The fraction of sp³-hybridized carbons (Fsp3) is 0.769. The Labute approximate surface area is 104 Å². The van der Waals surface area contributed by atoms with Gasteiger partial charge in [0.25, 0.3) is 0 Å². The minimum atomic E-state index is 0.565. The molecular weight excluding hydrogens is 212 g/mol. The molecule has 1 saturated carbocycles. The third-order valence-electron chi connectivity index (χ3n) is 4.03. The van der Waals surface area contributed by atoms with Gasteiger partial charge in [-0.2, -0.15) is 5.10 Å². The standard InChI is InChI=1S/C13H24N4/c1-4-10-5-7-11(8-6-10)15-13-12(14)9(2)16-17(13)3/h10-11,15H,4-8,14H2,1-3H3. The first-order chi connectivity index (χ1) is 8.11. The largest absolute Gasteiger partial charge is 0.394 e. The number of anilines is 2. The summed E-state index contributed by atoms with van der Waals surface area (Å²) in [5.74, 6) is 1.92. The molecule has 0 atom stereocenters. The predicted octanol–water partition coefficient (Wildman–Crippen LogP) is 2.69. The van der Waals surface area contributed by atoms with E-state index in [1.54, 1.807) is 0 Å². The minimum absolute atomic E-state index is 0.565. The second-order valence-electron chi connectivity index (χ2n) is 5.24. The zero-order chi connectivity index (χ0) is 12.4. The van der Waals surface area contributed by atoms with E-state index in [2.05, 4.69) is 17.3 Å². The highest BCUT2D eigenvalue weighted by molar-refractivity contribution is 5.64. The molecule has 0 bridgehead atoms. The first-order valence-corrected chi connectivity index (χ1v) is 6.67. The number of nitrogens with two attached hydrogens (primary N) is 1. The average Bonchev–Trinajstić information content (AvgIpc) is 2.57. The van der Waals surface area contributed by atoms with Crippen molar-refractivity contribution in [1.29, 1.82) is 0 Å². The Bertz CT molecular complexity index is 375. The van der Waals surface area contributed by atoms with Gasteiger partial charge in [0.15, 0.2) is 0 Å². The lowest BCUT2D eigenvalue weighted by Gasteiger charge is -2.29. The van der Waals surface area contributed by atoms with E-state index in [1.165, 1.54) is 32.1 Å². The highest BCUT2D eigenvalue weighted by atomic mass is 15.3. The Kier molecular flexibility index (Phi) is 3.60. The molecule has 1 aliphatic carbocycles. The summed E-state index contributed by atoms with van der Waals surface area (Å²) < 4.78 is 1.86. The summed E-state index contributed by atoms with van der Waals surface area (Å²) in [6, 6.07) is 0.565. The van der Waals surface area contributed by atoms with Crippen LogP contribution in [0.15, 0.2) is 0 Å². The molecule has 17 heavy (non-hydrogen) atoms. The van der Waals surface area contributed by atoms with Crippen LogP contribution >= 0.6 is 0 Å². The van der Waals surface area contributed by atoms with Crippen LogP contribution in [0.2, 0.25) is 0 Å². The molecule has 3 N–H and O–H groups in total. The SMILES string of the molecule is CCC1CCC(Nc2c(N)c(C)nn2C)CC1. The van der Waals surface area contributed by atoms with Crippen molar-refractivity contribution >= 4 is 11.5 Å². The second-order valence-corrected chi connectivity index (χ2v) is 5.24. The summed E-state index contributed by atoms with van der Waals surface area (Å²) in [7, 11) is 1.95. The molecule has 4 heteroatoms. The van der Waals surface area contributed by atoms with Crippen molar-refractivity contribution < 1.29 is 0 Å². The molecule has 0 unspecified atom stereocenters. The van der Waals surface area contributed by atoms with Crippen LogP contribution in [0, 0.1) is 12.8 Å². The number of hydrogen-bond donors (Lipinski definition) is 2. The molecule has 1 heterocycles. The van der Waals surface area contributed by atoms with Crippen LogP contribution in [0.1, 0.15) is 44.7 Å². The highest BCUT2D eigenvalue weighted by Crippen LogP contribution is 2.30. The van der Waals surface area contributed by atoms with Crippen molar-refractivity contribution in [3.8, 4) is 0 Å². The van der Waals surface area contributed by atoms with Gasteiger partial charge in [0.05, 0.1) is 11.4 Å². The number of rotatable bonds is 3. The summed E-state index contributed by atoms with van der Waals surface area (Å²) in [6.07, 6.45) is 6.50. The summed E-state index contributed by atoms with van der Waals surface area (Å²) in [6.45, 7) is 4.25. The molecule has 0 aliphatic heterocycles. The quantitative estimate of drug-likeness (QED) is 0.848. The fourth-order valence-corrected chi connectivity index (χ4v) is 2.75. The summed E-state index contributed by atoms with van der Waals surface area (Å²) in [4.78, 5) is 0. The molecule has 1 fully saturated rings. The smallest absolute Gasteiger partial charge is 0.147 e. The predicted molar refractivity (Wildman–Crippen MR) is 72.0 cm³/mol. The number of aryl methyl sites for hydroxylation is 2. The normalized spacial score (nSPS) is 24.9. The topological polar surface area (TPSA) is 55.9 Å². The fourth-order valence-electron chi connectivity index (χ4n) is 2.75. The molecule has 0 radical (unpaired) electrons. The van der Waals surface area contributed by atoms with E-state index in [9.17, 15) is 0 Å². The van der Waals surface area contributed by atoms with Crippen LogP contribution in [0.5, 0.6) is 0 Å². The van der Waals surface area contributed by atoms with Crippen LogP contribution in [0.4, 0.5) is 11.5 Å². The van der Waals surface area contributed by atoms with E-state index in [0.717, 1.165) is 23.1 Å². The maximum absolute atomic E-state index is 6.03. The number of nitrogen functional groups attached to an aromatic ring is 1. The van der Waals surface area contributed by atoms with Gasteiger partial charge in [-0.25, -0.2) is 0 Å². The molecule has 96 valence electrons.